The molecule has 0 saturated carbocycles. The normalized spacial score (nSPS) is 11.7. The van der Waals surface area contributed by atoms with Gasteiger partial charge in [-0.15, -0.1) is 23.4 Å². The van der Waals surface area contributed by atoms with Crippen molar-refractivity contribution >= 4 is 5.65 Å². The SMILES string of the molecule is Cc1cc(OC(F)(F)F)ccc1-c1cn2c(COCc3ccccc3)nnc2cn1. The molecule has 0 amide bonds. The summed E-state index contributed by atoms with van der Waals surface area (Å²) in [6.07, 6.45) is -1.44. The van der Waals surface area contributed by atoms with Crippen molar-refractivity contribution in [3.8, 4) is 17.0 Å². The molecule has 0 radical (unpaired) electrons. The minimum atomic E-state index is -4.73. The highest BCUT2D eigenvalue weighted by molar-refractivity contribution is 5.65. The van der Waals surface area contributed by atoms with Crippen molar-refractivity contribution in [1.29, 1.82) is 0 Å². The van der Waals surface area contributed by atoms with Crippen LogP contribution in [0.2, 0.25) is 0 Å². The van der Waals surface area contributed by atoms with E-state index in [1.807, 2.05) is 30.3 Å². The Morgan fingerprint density at radius 1 is 1.00 bits per heavy atom. The van der Waals surface area contributed by atoms with Gasteiger partial charge in [0.1, 0.15) is 12.4 Å². The lowest BCUT2D eigenvalue weighted by Crippen LogP contribution is -2.17. The van der Waals surface area contributed by atoms with Gasteiger partial charge in [-0.05, 0) is 36.2 Å². The first-order valence-corrected chi connectivity index (χ1v) is 9.07. The average molecular weight is 414 g/mol. The van der Waals surface area contributed by atoms with E-state index in [2.05, 4.69) is 19.9 Å². The number of hydrogen-bond donors (Lipinski definition) is 0. The van der Waals surface area contributed by atoms with Gasteiger partial charge in [0.25, 0.3) is 0 Å². The lowest BCUT2D eigenvalue weighted by atomic mass is 10.1. The number of ether oxygens (including phenoxy) is 2. The Hall–Kier alpha value is -3.46. The van der Waals surface area contributed by atoms with Crippen molar-refractivity contribution in [3.63, 3.8) is 0 Å². The predicted octanol–water partition coefficient (Wildman–Crippen LogP) is 4.72. The highest BCUT2D eigenvalue weighted by Crippen LogP contribution is 2.29. The van der Waals surface area contributed by atoms with Crippen LogP contribution in [0.1, 0.15) is 17.0 Å². The first kappa shape index (κ1) is 19.8. The highest BCUT2D eigenvalue weighted by atomic mass is 19.4. The molecule has 0 aliphatic heterocycles. The monoisotopic (exact) mass is 414 g/mol. The molecular formula is C21H17F3N4O2. The molecule has 0 bridgehead atoms. The van der Waals surface area contributed by atoms with Crippen LogP contribution >= 0.6 is 0 Å². The molecule has 2 aromatic heterocycles. The van der Waals surface area contributed by atoms with Crippen LogP contribution < -0.4 is 4.74 Å². The summed E-state index contributed by atoms with van der Waals surface area (Å²) in [7, 11) is 0. The van der Waals surface area contributed by atoms with Crippen molar-refractivity contribution in [2.45, 2.75) is 26.5 Å². The smallest absolute Gasteiger partial charge is 0.406 e. The molecule has 0 saturated heterocycles. The number of hydrogen-bond acceptors (Lipinski definition) is 5. The second kappa shape index (κ2) is 8.11. The van der Waals surface area contributed by atoms with Gasteiger partial charge >= 0.3 is 6.36 Å². The summed E-state index contributed by atoms with van der Waals surface area (Å²) in [6, 6.07) is 13.9. The predicted molar refractivity (Wildman–Crippen MR) is 103 cm³/mol. The Morgan fingerprint density at radius 2 is 1.80 bits per heavy atom. The fourth-order valence-corrected chi connectivity index (χ4v) is 3.04. The van der Waals surface area contributed by atoms with Crippen LogP contribution in [-0.2, 0) is 18.0 Å². The maximum atomic E-state index is 12.4. The molecule has 0 unspecified atom stereocenters. The van der Waals surface area contributed by atoms with E-state index in [0.29, 0.717) is 34.9 Å². The number of benzene rings is 2. The first-order chi connectivity index (χ1) is 14.4. The van der Waals surface area contributed by atoms with Gasteiger partial charge in [0.05, 0.1) is 18.5 Å². The maximum Gasteiger partial charge on any atom is 0.573 e. The summed E-state index contributed by atoms with van der Waals surface area (Å²) in [5.74, 6) is 0.323. The molecule has 154 valence electrons. The third-order valence-electron chi connectivity index (χ3n) is 4.41. The summed E-state index contributed by atoms with van der Waals surface area (Å²) in [5.41, 5.74) is 3.44. The van der Waals surface area contributed by atoms with E-state index in [0.717, 1.165) is 5.56 Å². The standard InChI is InChI=1S/C21H17F3N4O2/c1-14-9-16(30-21(22,23)24)7-8-17(14)18-11-28-19(10-25-18)26-27-20(28)13-29-12-15-5-3-2-4-6-15/h2-11H,12-13H2,1H3. The van der Waals surface area contributed by atoms with Gasteiger partial charge in [-0.2, -0.15) is 0 Å². The van der Waals surface area contributed by atoms with Crippen molar-refractivity contribution in [2.24, 2.45) is 0 Å². The zero-order valence-corrected chi connectivity index (χ0v) is 15.9. The molecule has 2 heterocycles. The van der Waals surface area contributed by atoms with E-state index in [-0.39, 0.29) is 12.4 Å². The lowest BCUT2D eigenvalue weighted by molar-refractivity contribution is -0.274. The summed E-state index contributed by atoms with van der Waals surface area (Å²) in [4.78, 5) is 4.36. The Kier molecular flexibility index (Phi) is 5.37. The molecule has 0 spiro atoms. The zero-order valence-electron chi connectivity index (χ0n) is 15.9. The Morgan fingerprint density at radius 3 is 2.53 bits per heavy atom. The molecule has 2 aromatic carbocycles. The zero-order chi connectivity index (χ0) is 21.1. The molecule has 0 atom stereocenters. The van der Waals surface area contributed by atoms with Gasteiger partial charge in [0, 0.05) is 11.8 Å². The van der Waals surface area contributed by atoms with E-state index in [9.17, 15) is 13.2 Å². The number of rotatable bonds is 6. The summed E-state index contributed by atoms with van der Waals surface area (Å²) < 4.78 is 48.7. The van der Waals surface area contributed by atoms with Crippen LogP contribution in [0.3, 0.4) is 0 Å². The van der Waals surface area contributed by atoms with Gasteiger partial charge in [-0.1, -0.05) is 30.3 Å². The molecule has 6 nitrogen and oxygen atoms in total. The molecule has 4 aromatic rings. The topological polar surface area (TPSA) is 61.5 Å². The number of aromatic nitrogens is 4. The van der Waals surface area contributed by atoms with E-state index >= 15 is 0 Å². The lowest BCUT2D eigenvalue weighted by Gasteiger charge is -2.12. The van der Waals surface area contributed by atoms with Crippen LogP contribution in [0.15, 0.2) is 60.9 Å². The van der Waals surface area contributed by atoms with Crippen LogP contribution in [0, 0.1) is 6.92 Å². The van der Waals surface area contributed by atoms with Crippen LogP contribution in [-0.4, -0.2) is 25.9 Å². The molecule has 30 heavy (non-hydrogen) atoms. The van der Waals surface area contributed by atoms with E-state index in [1.54, 1.807) is 29.8 Å². The second-order valence-corrected chi connectivity index (χ2v) is 6.62. The van der Waals surface area contributed by atoms with Crippen molar-refractivity contribution < 1.29 is 22.6 Å². The van der Waals surface area contributed by atoms with Gasteiger partial charge in [-0.3, -0.25) is 9.38 Å². The highest BCUT2D eigenvalue weighted by Gasteiger charge is 2.31. The van der Waals surface area contributed by atoms with Crippen molar-refractivity contribution in [3.05, 3.63) is 77.9 Å². The Bertz CT molecular complexity index is 1160. The largest absolute Gasteiger partial charge is 0.573 e. The van der Waals surface area contributed by atoms with Crippen molar-refractivity contribution in [1.82, 2.24) is 19.6 Å². The maximum absolute atomic E-state index is 12.4. The number of nitrogens with zero attached hydrogens (tertiary/aromatic N) is 4. The minimum Gasteiger partial charge on any atom is -0.406 e. The summed E-state index contributed by atoms with van der Waals surface area (Å²) in [6.45, 7) is 2.38. The molecule has 0 aliphatic rings. The second-order valence-electron chi connectivity index (χ2n) is 6.62. The molecular weight excluding hydrogens is 397 g/mol. The molecule has 0 N–H and O–H groups in total. The fraction of sp³-hybridized carbons (Fsp3) is 0.190. The molecule has 4 rings (SSSR count). The van der Waals surface area contributed by atoms with Gasteiger partial charge in [-0.25, -0.2) is 0 Å². The first-order valence-electron chi connectivity index (χ1n) is 9.07. The van der Waals surface area contributed by atoms with E-state index in [4.69, 9.17) is 4.74 Å². The van der Waals surface area contributed by atoms with Gasteiger partial charge < -0.3 is 9.47 Å². The number of alkyl halides is 3. The molecule has 0 fully saturated rings. The third kappa shape index (κ3) is 4.57. The van der Waals surface area contributed by atoms with Crippen LogP contribution in [0.25, 0.3) is 16.9 Å². The van der Waals surface area contributed by atoms with E-state index < -0.39 is 6.36 Å². The Balaban J connectivity index is 1.55. The quantitative estimate of drug-likeness (QED) is 0.457. The summed E-state index contributed by atoms with van der Waals surface area (Å²) in [5, 5.41) is 8.22. The van der Waals surface area contributed by atoms with E-state index in [1.165, 1.54) is 12.1 Å². The fourth-order valence-electron chi connectivity index (χ4n) is 3.04. The average Bonchev–Trinajstić information content (AvgIpc) is 3.10. The minimum absolute atomic E-state index is 0.247. The van der Waals surface area contributed by atoms with Crippen LogP contribution in [0.5, 0.6) is 5.75 Å². The summed E-state index contributed by atoms with van der Waals surface area (Å²) >= 11 is 0. The number of fused-ring (bicyclic) bond motifs is 1. The van der Waals surface area contributed by atoms with Crippen molar-refractivity contribution in [2.75, 3.05) is 0 Å². The Labute approximate surface area is 169 Å². The van der Waals surface area contributed by atoms with Gasteiger partial charge in [0.15, 0.2) is 11.5 Å². The number of halogens is 3. The molecule has 9 heteroatoms. The third-order valence-corrected chi connectivity index (χ3v) is 4.41. The van der Waals surface area contributed by atoms with Gasteiger partial charge in [0.2, 0.25) is 0 Å². The molecule has 0 aliphatic carbocycles. The number of aryl methyl sites for hydroxylation is 1. The van der Waals surface area contributed by atoms with Crippen LogP contribution in [0.4, 0.5) is 13.2 Å².